The third-order valence-corrected chi connectivity index (χ3v) is 5.50. The first-order valence-corrected chi connectivity index (χ1v) is 9.67. The maximum atomic E-state index is 13.8. The summed E-state index contributed by atoms with van der Waals surface area (Å²) in [6.45, 7) is 2.64. The molecule has 1 N–H and O–H groups in total. The van der Waals surface area contributed by atoms with Crippen molar-refractivity contribution in [2.24, 2.45) is 0 Å². The number of benzene rings is 2. The van der Waals surface area contributed by atoms with Crippen LogP contribution in [0.4, 0.5) is 21.7 Å². The van der Waals surface area contributed by atoms with Crippen LogP contribution in [0, 0.1) is 22.9 Å². The Balaban J connectivity index is 0.00000231. The van der Waals surface area contributed by atoms with E-state index in [2.05, 4.69) is 44.2 Å². The molecule has 0 saturated carbocycles. The fourth-order valence-electron chi connectivity index (χ4n) is 4.09. The van der Waals surface area contributed by atoms with Gasteiger partial charge in [0.25, 0.3) is 0 Å². The Morgan fingerprint density at radius 3 is 2.90 bits per heavy atom. The van der Waals surface area contributed by atoms with Gasteiger partial charge in [-0.1, -0.05) is 25.6 Å². The van der Waals surface area contributed by atoms with E-state index in [1.807, 2.05) is 6.07 Å². The average Bonchev–Trinajstić information content (AvgIpc) is 3.11. The molecule has 0 bridgehead atoms. The van der Waals surface area contributed by atoms with E-state index < -0.39 is 16.4 Å². The highest BCUT2D eigenvalue weighted by Crippen LogP contribution is 2.35. The molecule has 4 aromatic rings. The van der Waals surface area contributed by atoms with Gasteiger partial charge >= 0.3 is 5.69 Å². The number of para-hydroxylation sites is 1. The Labute approximate surface area is 178 Å². The maximum absolute atomic E-state index is 13.8. The fraction of sp³-hybridized carbons (Fsp3) is 0.217. The second-order valence-electron chi connectivity index (χ2n) is 7.42. The van der Waals surface area contributed by atoms with Crippen LogP contribution in [0.2, 0.25) is 0 Å². The molecular formula is C23H22FN5O2. The number of hydrogen-bond donors (Lipinski definition) is 1. The molecule has 0 aliphatic carbocycles. The van der Waals surface area contributed by atoms with Crippen molar-refractivity contribution in [2.75, 3.05) is 5.32 Å². The van der Waals surface area contributed by atoms with Crippen molar-refractivity contribution in [3.63, 3.8) is 0 Å². The highest BCUT2D eigenvalue weighted by atomic mass is 19.1. The third-order valence-electron chi connectivity index (χ3n) is 5.50. The van der Waals surface area contributed by atoms with Crippen LogP contribution in [-0.4, -0.2) is 19.5 Å². The first-order valence-electron chi connectivity index (χ1n) is 9.67. The Kier molecular flexibility index (Phi) is 5.14. The summed E-state index contributed by atoms with van der Waals surface area (Å²) in [6.07, 6.45) is 5.94. The standard InChI is InChI=1S/C22H18FN5O2.CH4/c1-13-10-17(23)20(28(29)30)11-19(13)26-22-24-8-7-18(25-22)16-12-27-9-3-5-14-4-2-6-15(16)21(14)27;/h2,4,6-8,10-12H,3,5,9H2,1H3,(H,24,25,26);1H4. The van der Waals surface area contributed by atoms with Crippen molar-refractivity contribution >= 4 is 28.2 Å². The molecule has 0 amide bonds. The van der Waals surface area contributed by atoms with E-state index in [1.54, 1.807) is 13.1 Å². The lowest BCUT2D eigenvalue weighted by Gasteiger charge is -2.14. The molecule has 0 fully saturated rings. The summed E-state index contributed by atoms with van der Waals surface area (Å²) in [4.78, 5) is 19.2. The topological polar surface area (TPSA) is 85.9 Å². The fourth-order valence-corrected chi connectivity index (χ4v) is 4.09. The van der Waals surface area contributed by atoms with Gasteiger partial charge in [-0.05, 0) is 43.0 Å². The average molecular weight is 419 g/mol. The van der Waals surface area contributed by atoms with Gasteiger partial charge in [0.1, 0.15) is 0 Å². The first kappa shape index (κ1) is 20.5. The quantitative estimate of drug-likeness (QED) is 0.335. The molecular weight excluding hydrogens is 397 g/mol. The molecule has 0 atom stereocenters. The first-order chi connectivity index (χ1) is 14.5. The predicted octanol–water partition coefficient (Wildman–Crippen LogP) is 5.78. The molecule has 31 heavy (non-hydrogen) atoms. The van der Waals surface area contributed by atoms with E-state index in [4.69, 9.17) is 0 Å². The number of nitrogens with one attached hydrogen (secondary N) is 1. The second-order valence-corrected chi connectivity index (χ2v) is 7.42. The van der Waals surface area contributed by atoms with Crippen molar-refractivity contribution in [1.29, 1.82) is 0 Å². The van der Waals surface area contributed by atoms with Gasteiger partial charge in [-0.25, -0.2) is 9.97 Å². The summed E-state index contributed by atoms with van der Waals surface area (Å²) in [6, 6.07) is 10.5. The van der Waals surface area contributed by atoms with E-state index in [1.165, 1.54) is 17.1 Å². The maximum Gasteiger partial charge on any atom is 0.306 e. The highest BCUT2D eigenvalue weighted by molar-refractivity contribution is 5.97. The van der Waals surface area contributed by atoms with E-state index in [0.29, 0.717) is 17.2 Å². The summed E-state index contributed by atoms with van der Waals surface area (Å²) in [5, 5.41) is 15.2. The number of hydrogen-bond acceptors (Lipinski definition) is 5. The van der Waals surface area contributed by atoms with Crippen LogP contribution in [0.15, 0.2) is 48.8 Å². The lowest BCUT2D eigenvalue weighted by molar-refractivity contribution is -0.387. The highest BCUT2D eigenvalue weighted by Gasteiger charge is 2.19. The minimum absolute atomic E-state index is 0. The number of halogens is 1. The minimum Gasteiger partial charge on any atom is -0.347 e. The van der Waals surface area contributed by atoms with Gasteiger partial charge in [-0.3, -0.25) is 10.1 Å². The molecule has 3 heterocycles. The van der Waals surface area contributed by atoms with Gasteiger partial charge in [0, 0.05) is 36.0 Å². The largest absolute Gasteiger partial charge is 0.347 e. The van der Waals surface area contributed by atoms with Crippen molar-refractivity contribution in [3.05, 3.63) is 75.9 Å². The lowest BCUT2D eigenvalue weighted by Crippen LogP contribution is -2.05. The predicted molar refractivity (Wildman–Crippen MR) is 119 cm³/mol. The molecule has 0 radical (unpaired) electrons. The molecule has 2 aromatic carbocycles. The van der Waals surface area contributed by atoms with Gasteiger partial charge in [-0.2, -0.15) is 4.39 Å². The number of aryl methyl sites for hydroxylation is 3. The van der Waals surface area contributed by atoms with Crippen LogP contribution >= 0.6 is 0 Å². The van der Waals surface area contributed by atoms with Crippen LogP contribution in [0.5, 0.6) is 0 Å². The van der Waals surface area contributed by atoms with Gasteiger partial charge in [0.2, 0.25) is 11.8 Å². The number of anilines is 2. The van der Waals surface area contributed by atoms with Gasteiger partial charge in [-0.15, -0.1) is 0 Å². The van der Waals surface area contributed by atoms with Gasteiger partial charge < -0.3 is 9.88 Å². The molecule has 1 aliphatic heterocycles. The van der Waals surface area contributed by atoms with Crippen LogP contribution in [0.25, 0.3) is 22.2 Å². The van der Waals surface area contributed by atoms with Gasteiger partial charge in [0.05, 0.1) is 21.8 Å². The third kappa shape index (κ3) is 3.50. The number of nitro benzene ring substituents is 1. The zero-order chi connectivity index (χ0) is 20.8. The molecule has 0 unspecified atom stereocenters. The summed E-state index contributed by atoms with van der Waals surface area (Å²) in [5.74, 6) is -0.574. The molecule has 2 aromatic heterocycles. The van der Waals surface area contributed by atoms with Crippen molar-refractivity contribution in [2.45, 2.75) is 33.7 Å². The zero-order valence-electron chi connectivity index (χ0n) is 16.2. The Bertz CT molecular complexity index is 1320. The Hall–Kier alpha value is -3.81. The van der Waals surface area contributed by atoms with E-state index in [-0.39, 0.29) is 7.43 Å². The monoisotopic (exact) mass is 419 g/mol. The van der Waals surface area contributed by atoms with Crippen molar-refractivity contribution in [1.82, 2.24) is 14.5 Å². The molecule has 0 spiro atoms. The summed E-state index contributed by atoms with van der Waals surface area (Å²) in [5.41, 5.74) is 4.68. The number of nitro groups is 1. The molecule has 0 saturated heterocycles. The Morgan fingerprint density at radius 1 is 1.26 bits per heavy atom. The number of aromatic nitrogens is 3. The molecule has 7 nitrogen and oxygen atoms in total. The van der Waals surface area contributed by atoms with E-state index >= 15 is 0 Å². The second kappa shape index (κ2) is 7.79. The smallest absolute Gasteiger partial charge is 0.306 e. The summed E-state index contributed by atoms with van der Waals surface area (Å²) in [7, 11) is 0. The van der Waals surface area contributed by atoms with E-state index in [9.17, 15) is 14.5 Å². The molecule has 158 valence electrons. The molecule has 8 heteroatoms. The van der Waals surface area contributed by atoms with E-state index in [0.717, 1.165) is 42.1 Å². The van der Waals surface area contributed by atoms with Crippen molar-refractivity contribution in [3.8, 4) is 11.3 Å². The normalized spacial score (nSPS) is 12.5. The van der Waals surface area contributed by atoms with Crippen LogP contribution < -0.4 is 5.32 Å². The van der Waals surface area contributed by atoms with Crippen LogP contribution in [0.3, 0.4) is 0 Å². The SMILES string of the molecule is C.Cc1cc(F)c([N+](=O)[O-])cc1Nc1nccc(-c2cn3c4c(cccc24)CCC3)n1. The lowest BCUT2D eigenvalue weighted by atomic mass is 10.0. The molecule has 5 rings (SSSR count). The summed E-state index contributed by atoms with van der Waals surface area (Å²) >= 11 is 0. The number of rotatable bonds is 4. The number of nitrogens with zero attached hydrogens (tertiary/aromatic N) is 4. The summed E-state index contributed by atoms with van der Waals surface area (Å²) < 4.78 is 16.1. The van der Waals surface area contributed by atoms with Crippen LogP contribution in [0.1, 0.15) is 25.0 Å². The van der Waals surface area contributed by atoms with Gasteiger partial charge in [0.15, 0.2) is 0 Å². The molecule has 1 aliphatic rings. The minimum atomic E-state index is -0.869. The Morgan fingerprint density at radius 2 is 2.10 bits per heavy atom. The zero-order valence-corrected chi connectivity index (χ0v) is 16.2. The van der Waals surface area contributed by atoms with Crippen LogP contribution in [-0.2, 0) is 13.0 Å². The van der Waals surface area contributed by atoms with Crippen molar-refractivity contribution < 1.29 is 9.31 Å².